The summed E-state index contributed by atoms with van der Waals surface area (Å²) in [4.78, 5) is 3.98. The molecule has 1 heterocycles. The maximum absolute atomic E-state index is 3.98. The molecule has 0 spiro atoms. The van der Waals surface area contributed by atoms with E-state index in [1.54, 1.807) is 6.20 Å². The van der Waals surface area contributed by atoms with Gasteiger partial charge in [-0.05, 0) is 19.1 Å². The lowest BCUT2D eigenvalue weighted by Crippen LogP contribution is -1.84. The number of pyridine rings is 1. The Balaban J connectivity index is 0.000000218. The number of hydrogen-bond acceptors (Lipinski definition) is 1. The average Bonchev–Trinajstić information content (AvgIpc) is 1.87. The minimum atomic E-state index is 0.833. The van der Waals surface area contributed by atoms with Crippen LogP contribution in [0.25, 0.3) is 0 Å². The molecule has 0 saturated carbocycles. The molecular weight excluding hydrogens is 133 g/mol. The van der Waals surface area contributed by atoms with Crippen molar-refractivity contribution in [3.8, 4) is 0 Å². The van der Waals surface area contributed by atoms with Crippen LogP contribution in [-0.2, 0) is 0 Å². The molecule has 2 heteroatoms. The van der Waals surface area contributed by atoms with Gasteiger partial charge in [-0.25, -0.2) is 0 Å². The van der Waals surface area contributed by atoms with E-state index >= 15 is 0 Å². The number of aryl methyl sites for hydroxylation is 1. The van der Waals surface area contributed by atoms with Gasteiger partial charge in [-0.3, -0.25) is 4.98 Å². The zero-order chi connectivity index (χ0) is 8.69. The lowest BCUT2D eigenvalue weighted by atomic mass is 9.58. The van der Waals surface area contributed by atoms with Gasteiger partial charge in [0.1, 0.15) is 6.71 Å². The fourth-order valence-corrected chi connectivity index (χ4v) is 0.448. The maximum Gasteiger partial charge on any atom is 0.130 e. The average molecular weight is 149 g/mol. The molecule has 60 valence electrons. The number of rotatable bonds is 0. The van der Waals surface area contributed by atoms with Gasteiger partial charge in [-0.2, -0.15) is 0 Å². The van der Waals surface area contributed by atoms with E-state index in [1.807, 2.05) is 25.1 Å². The highest BCUT2D eigenvalue weighted by Gasteiger charge is 1.76. The molecule has 0 aliphatic rings. The summed E-state index contributed by atoms with van der Waals surface area (Å²) in [6.07, 6.45) is 1.79. The van der Waals surface area contributed by atoms with Gasteiger partial charge in [0, 0.05) is 11.9 Å². The Kier molecular flexibility index (Phi) is 5.53. The standard InChI is InChI=1S/C6H7N.C3H9B/c1-6-4-2-3-5-7-6;1-4(2)3/h2-5H,1H3;1-3H3. The first kappa shape index (κ1) is 10.2. The van der Waals surface area contributed by atoms with Crippen molar-refractivity contribution in [3.63, 3.8) is 0 Å². The lowest BCUT2D eigenvalue weighted by molar-refractivity contribution is 1.20. The fourth-order valence-electron chi connectivity index (χ4n) is 0.448. The maximum atomic E-state index is 3.98. The van der Waals surface area contributed by atoms with Crippen LogP contribution in [0.15, 0.2) is 24.4 Å². The SMILES string of the molecule is CB(C)C.Cc1ccccn1. The second-order valence-electron chi connectivity index (χ2n) is 3.20. The summed E-state index contributed by atoms with van der Waals surface area (Å²) in [7, 11) is 0. The molecule has 1 rings (SSSR count). The van der Waals surface area contributed by atoms with Crippen molar-refractivity contribution in [1.29, 1.82) is 0 Å². The molecule has 0 aliphatic carbocycles. The molecule has 0 unspecified atom stereocenters. The zero-order valence-corrected chi connectivity index (χ0v) is 7.83. The van der Waals surface area contributed by atoms with Gasteiger partial charge in [0.05, 0.1) is 0 Å². The summed E-state index contributed by atoms with van der Waals surface area (Å²) < 4.78 is 0. The van der Waals surface area contributed by atoms with Gasteiger partial charge < -0.3 is 0 Å². The van der Waals surface area contributed by atoms with Crippen molar-refractivity contribution < 1.29 is 0 Å². The predicted molar refractivity (Wildman–Crippen MR) is 52.3 cm³/mol. The third-order valence-electron chi connectivity index (χ3n) is 0.813. The summed E-state index contributed by atoms with van der Waals surface area (Å²) in [6.45, 7) is 9.31. The Bertz CT molecular complexity index is 169. The molecule has 0 bridgehead atoms. The van der Waals surface area contributed by atoms with E-state index in [2.05, 4.69) is 25.5 Å². The highest BCUT2D eigenvalue weighted by atomic mass is 14.6. The van der Waals surface area contributed by atoms with Gasteiger partial charge in [-0.1, -0.05) is 26.5 Å². The molecular formula is C9H16BN. The lowest BCUT2D eigenvalue weighted by Gasteiger charge is -1.82. The summed E-state index contributed by atoms with van der Waals surface area (Å²) in [5.74, 6) is 0. The molecule has 0 saturated heterocycles. The molecule has 0 aromatic carbocycles. The zero-order valence-electron chi connectivity index (χ0n) is 7.83. The molecule has 1 nitrogen and oxygen atoms in total. The van der Waals surface area contributed by atoms with Gasteiger partial charge in [0.25, 0.3) is 0 Å². The second kappa shape index (κ2) is 5.96. The summed E-state index contributed by atoms with van der Waals surface area (Å²) in [5.41, 5.74) is 1.07. The van der Waals surface area contributed by atoms with Crippen molar-refractivity contribution in [2.24, 2.45) is 0 Å². The van der Waals surface area contributed by atoms with Crippen molar-refractivity contribution in [1.82, 2.24) is 4.98 Å². The van der Waals surface area contributed by atoms with E-state index in [4.69, 9.17) is 0 Å². The minimum absolute atomic E-state index is 0.833. The van der Waals surface area contributed by atoms with E-state index in [1.165, 1.54) is 0 Å². The van der Waals surface area contributed by atoms with E-state index in [0.29, 0.717) is 0 Å². The van der Waals surface area contributed by atoms with Crippen molar-refractivity contribution >= 4 is 6.71 Å². The van der Waals surface area contributed by atoms with Gasteiger partial charge in [-0.15, -0.1) is 0 Å². The van der Waals surface area contributed by atoms with E-state index in [-0.39, 0.29) is 0 Å². The third-order valence-corrected chi connectivity index (χ3v) is 0.813. The third kappa shape index (κ3) is 9.21. The van der Waals surface area contributed by atoms with Crippen LogP contribution in [0.1, 0.15) is 5.69 Å². The Morgan fingerprint density at radius 1 is 1.18 bits per heavy atom. The summed E-state index contributed by atoms with van der Waals surface area (Å²) in [5, 5.41) is 0. The molecule has 0 aliphatic heterocycles. The first-order chi connectivity index (χ1) is 5.13. The first-order valence-electron chi connectivity index (χ1n) is 4.00. The monoisotopic (exact) mass is 149 g/mol. The molecule has 1 aromatic heterocycles. The number of hydrogen-bond donors (Lipinski definition) is 0. The second-order valence-corrected chi connectivity index (χ2v) is 3.20. The van der Waals surface area contributed by atoms with Gasteiger partial charge >= 0.3 is 0 Å². The fraction of sp³-hybridized carbons (Fsp3) is 0.444. The van der Waals surface area contributed by atoms with Crippen molar-refractivity contribution in [2.75, 3.05) is 0 Å². The smallest absolute Gasteiger partial charge is 0.130 e. The largest absolute Gasteiger partial charge is 0.262 e. The van der Waals surface area contributed by atoms with Crippen LogP contribution in [-0.4, -0.2) is 11.7 Å². The van der Waals surface area contributed by atoms with Gasteiger partial charge in [0.15, 0.2) is 0 Å². The molecule has 0 radical (unpaired) electrons. The van der Waals surface area contributed by atoms with Crippen LogP contribution in [0.4, 0.5) is 0 Å². The normalized spacial score (nSPS) is 8.00. The van der Waals surface area contributed by atoms with Crippen molar-refractivity contribution in [2.45, 2.75) is 27.4 Å². The Hall–Kier alpha value is -0.785. The summed E-state index contributed by atoms with van der Waals surface area (Å²) >= 11 is 0. The van der Waals surface area contributed by atoms with Crippen LogP contribution in [0, 0.1) is 6.92 Å². The van der Waals surface area contributed by atoms with E-state index < -0.39 is 0 Å². The highest BCUT2D eigenvalue weighted by Crippen LogP contribution is 1.85. The molecule has 1 aromatic rings. The van der Waals surface area contributed by atoms with Crippen LogP contribution in [0.5, 0.6) is 0 Å². The first-order valence-corrected chi connectivity index (χ1v) is 4.00. The molecule has 11 heavy (non-hydrogen) atoms. The molecule has 0 atom stereocenters. The minimum Gasteiger partial charge on any atom is -0.262 e. The Labute approximate surface area is 69.9 Å². The van der Waals surface area contributed by atoms with Crippen molar-refractivity contribution in [3.05, 3.63) is 30.1 Å². The quantitative estimate of drug-likeness (QED) is 0.517. The van der Waals surface area contributed by atoms with Crippen LogP contribution in [0.2, 0.25) is 20.5 Å². The molecule has 0 fully saturated rings. The Morgan fingerprint density at radius 3 is 1.91 bits per heavy atom. The highest BCUT2D eigenvalue weighted by molar-refractivity contribution is 6.54. The van der Waals surface area contributed by atoms with Gasteiger partial charge in [0.2, 0.25) is 0 Å². The topological polar surface area (TPSA) is 12.9 Å². The van der Waals surface area contributed by atoms with E-state index in [9.17, 15) is 0 Å². The Morgan fingerprint density at radius 2 is 1.73 bits per heavy atom. The van der Waals surface area contributed by atoms with E-state index in [0.717, 1.165) is 12.4 Å². The predicted octanol–water partition coefficient (Wildman–Crippen LogP) is 2.76. The van der Waals surface area contributed by atoms with Crippen LogP contribution < -0.4 is 0 Å². The number of nitrogens with zero attached hydrogens (tertiary/aromatic N) is 1. The summed E-state index contributed by atoms with van der Waals surface area (Å²) in [6, 6.07) is 5.86. The van der Waals surface area contributed by atoms with Crippen LogP contribution in [0.3, 0.4) is 0 Å². The number of aromatic nitrogens is 1. The molecule has 0 N–H and O–H groups in total. The molecule has 0 amide bonds. The van der Waals surface area contributed by atoms with Crippen LogP contribution >= 0.6 is 0 Å².